The predicted molar refractivity (Wildman–Crippen MR) is 67.5 cm³/mol. The summed E-state index contributed by atoms with van der Waals surface area (Å²) in [5.74, 6) is 1.12. The molecule has 1 saturated carbocycles. The summed E-state index contributed by atoms with van der Waals surface area (Å²) in [5.41, 5.74) is 0.418. The maximum atomic E-state index is 10.9. The number of hydrogen-bond donors (Lipinski definition) is 2. The van der Waals surface area contributed by atoms with Crippen molar-refractivity contribution in [3.8, 4) is 5.75 Å². The summed E-state index contributed by atoms with van der Waals surface area (Å²) in [7, 11) is 0. The van der Waals surface area contributed by atoms with Crippen LogP contribution >= 0.6 is 0 Å². The van der Waals surface area contributed by atoms with Crippen molar-refractivity contribution >= 4 is 11.4 Å². The number of phenolic OH excluding ortho intramolecular Hbond substituents is 1. The fraction of sp³-hybridized carbons (Fsp3) is 0.385. The average Bonchev–Trinajstić information content (AvgIpc) is 2.69. The van der Waals surface area contributed by atoms with E-state index in [1.807, 2.05) is 0 Å². The Morgan fingerprint density at radius 2 is 2.28 bits per heavy atom. The minimum Gasteiger partial charge on any atom is -0.508 e. The van der Waals surface area contributed by atoms with Gasteiger partial charge in [-0.05, 0) is 30.9 Å². The van der Waals surface area contributed by atoms with Crippen molar-refractivity contribution in [2.24, 2.45) is 11.8 Å². The number of nitrogens with one attached hydrogen (secondary N) is 1. The third kappa shape index (κ3) is 1.72. The van der Waals surface area contributed by atoms with Crippen LogP contribution in [0.4, 0.5) is 11.4 Å². The lowest BCUT2D eigenvalue weighted by atomic mass is 9.71. The maximum absolute atomic E-state index is 10.9. The van der Waals surface area contributed by atoms with Crippen molar-refractivity contribution in [3.63, 3.8) is 0 Å². The molecule has 0 radical (unpaired) electrons. The molecule has 5 nitrogen and oxygen atoms in total. The number of fused-ring (bicyclic) bond motifs is 1. The predicted octanol–water partition coefficient (Wildman–Crippen LogP) is 2.68. The number of aromatic hydroxyl groups is 1. The first-order valence-electron chi connectivity index (χ1n) is 6.06. The quantitative estimate of drug-likeness (QED) is 0.372. The van der Waals surface area contributed by atoms with E-state index in [1.54, 1.807) is 6.07 Å². The van der Waals surface area contributed by atoms with Crippen molar-refractivity contribution in [2.75, 3.05) is 5.32 Å². The van der Waals surface area contributed by atoms with Gasteiger partial charge in [0.25, 0.3) is 5.69 Å². The van der Waals surface area contributed by atoms with Crippen LogP contribution in [0.25, 0.3) is 0 Å². The van der Waals surface area contributed by atoms with Crippen LogP contribution in [0.15, 0.2) is 30.4 Å². The number of rotatable bonds is 3. The van der Waals surface area contributed by atoms with E-state index in [9.17, 15) is 15.2 Å². The van der Waals surface area contributed by atoms with E-state index in [0.717, 1.165) is 12.8 Å². The van der Waals surface area contributed by atoms with Gasteiger partial charge in [0, 0.05) is 12.0 Å². The highest BCUT2D eigenvalue weighted by Gasteiger charge is 2.41. The molecular weight excluding hydrogens is 232 g/mol. The highest BCUT2D eigenvalue weighted by molar-refractivity contribution is 5.64. The summed E-state index contributed by atoms with van der Waals surface area (Å²) >= 11 is 0. The molecule has 1 aromatic rings. The van der Waals surface area contributed by atoms with Gasteiger partial charge in [0.05, 0.1) is 11.0 Å². The summed E-state index contributed by atoms with van der Waals surface area (Å²) in [6.07, 6.45) is 6.55. The Hall–Kier alpha value is -2.04. The third-order valence-corrected chi connectivity index (χ3v) is 3.88. The molecule has 2 aliphatic rings. The summed E-state index contributed by atoms with van der Waals surface area (Å²) in [6, 6.07) is 4.50. The summed E-state index contributed by atoms with van der Waals surface area (Å²) in [5, 5.41) is 23.5. The van der Waals surface area contributed by atoms with E-state index in [2.05, 4.69) is 17.5 Å². The van der Waals surface area contributed by atoms with E-state index in [1.165, 1.54) is 12.1 Å². The molecule has 0 amide bonds. The van der Waals surface area contributed by atoms with Gasteiger partial charge in [-0.2, -0.15) is 0 Å². The van der Waals surface area contributed by atoms with Gasteiger partial charge in [0.2, 0.25) is 0 Å². The SMILES string of the molecule is O=[N+]([O-])c1cc(O)ccc1NC1CC2CC=CC21. The minimum atomic E-state index is -0.470. The van der Waals surface area contributed by atoms with E-state index in [4.69, 9.17) is 0 Å². The molecule has 0 spiro atoms. The number of nitrogens with zero attached hydrogens (tertiary/aromatic N) is 1. The summed E-state index contributed by atoms with van der Waals surface area (Å²) < 4.78 is 0. The van der Waals surface area contributed by atoms with Crippen LogP contribution < -0.4 is 5.32 Å². The Kier molecular flexibility index (Phi) is 2.47. The van der Waals surface area contributed by atoms with Crippen molar-refractivity contribution in [1.82, 2.24) is 0 Å². The molecular formula is C13H14N2O3. The van der Waals surface area contributed by atoms with E-state index in [-0.39, 0.29) is 17.5 Å². The molecule has 3 atom stereocenters. The van der Waals surface area contributed by atoms with Gasteiger partial charge in [-0.25, -0.2) is 0 Å². The Morgan fingerprint density at radius 3 is 3.00 bits per heavy atom. The Balaban J connectivity index is 1.80. The summed E-state index contributed by atoms with van der Waals surface area (Å²) in [6.45, 7) is 0. The number of nitro benzene ring substituents is 1. The standard InChI is InChI=1S/C13H14N2O3/c16-9-4-5-11(13(7-9)15(17)18)14-12-6-8-2-1-3-10(8)12/h1,3-5,7-8,10,12,14,16H,2,6H2. The van der Waals surface area contributed by atoms with Gasteiger partial charge < -0.3 is 10.4 Å². The zero-order valence-corrected chi connectivity index (χ0v) is 9.74. The zero-order chi connectivity index (χ0) is 12.7. The first-order chi connectivity index (χ1) is 8.65. The Bertz CT molecular complexity index is 527. The second kappa shape index (κ2) is 4.01. The van der Waals surface area contributed by atoms with Crippen molar-refractivity contribution in [1.29, 1.82) is 0 Å². The number of phenols is 1. The minimum absolute atomic E-state index is 0.0690. The van der Waals surface area contributed by atoms with Crippen LogP contribution in [0.2, 0.25) is 0 Å². The molecule has 94 valence electrons. The Labute approximate surface area is 104 Å². The molecule has 1 fully saturated rings. The Morgan fingerprint density at radius 1 is 1.44 bits per heavy atom. The molecule has 0 aliphatic heterocycles. The zero-order valence-electron chi connectivity index (χ0n) is 9.74. The average molecular weight is 246 g/mol. The number of hydrogen-bond acceptors (Lipinski definition) is 4. The fourth-order valence-corrected chi connectivity index (χ4v) is 2.88. The van der Waals surface area contributed by atoms with Crippen LogP contribution in [-0.2, 0) is 0 Å². The van der Waals surface area contributed by atoms with E-state index >= 15 is 0 Å². The van der Waals surface area contributed by atoms with Crippen molar-refractivity contribution in [3.05, 3.63) is 40.5 Å². The van der Waals surface area contributed by atoms with Crippen LogP contribution in [0.1, 0.15) is 12.8 Å². The first kappa shape index (κ1) is 11.1. The first-order valence-corrected chi connectivity index (χ1v) is 6.06. The van der Waals surface area contributed by atoms with E-state index in [0.29, 0.717) is 17.5 Å². The molecule has 3 rings (SSSR count). The maximum Gasteiger partial charge on any atom is 0.296 e. The highest BCUT2D eigenvalue weighted by Crippen LogP contribution is 2.45. The van der Waals surface area contributed by atoms with Gasteiger partial charge in [0.1, 0.15) is 11.4 Å². The topological polar surface area (TPSA) is 75.4 Å². The number of nitro groups is 1. The summed E-state index contributed by atoms with van der Waals surface area (Å²) in [4.78, 5) is 10.5. The molecule has 0 saturated heterocycles. The third-order valence-electron chi connectivity index (χ3n) is 3.88. The lowest BCUT2D eigenvalue weighted by molar-refractivity contribution is -0.384. The molecule has 3 unspecified atom stereocenters. The smallest absolute Gasteiger partial charge is 0.296 e. The van der Waals surface area contributed by atoms with Gasteiger partial charge in [-0.1, -0.05) is 12.2 Å². The molecule has 0 bridgehead atoms. The number of allylic oxidation sites excluding steroid dienone is 1. The molecule has 0 heterocycles. The molecule has 1 aromatic carbocycles. The highest BCUT2D eigenvalue weighted by atomic mass is 16.6. The van der Waals surface area contributed by atoms with Crippen LogP contribution in [0, 0.1) is 22.0 Å². The second-order valence-corrected chi connectivity index (χ2v) is 4.95. The normalized spacial score (nSPS) is 28.6. The fourth-order valence-electron chi connectivity index (χ4n) is 2.88. The van der Waals surface area contributed by atoms with E-state index < -0.39 is 4.92 Å². The molecule has 2 N–H and O–H groups in total. The van der Waals surface area contributed by atoms with Gasteiger partial charge in [-0.3, -0.25) is 10.1 Å². The molecule has 0 aromatic heterocycles. The molecule has 5 heteroatoms. The van der Waals surface area contributed by atoms with Crippen LogP contribution in [0.3, 0.4) is 0 Å². The molecule has 18 heavy (non-hydrogen) atoms. The van der Waals surface area contributed by atoms with Crippen LogP contribution in [0.5, 0.6) is 5.75 Å². The van der Waals surface area contributed by atoms with Crippen molar-refractivity contribution < 1.29 is 10.0 Å². The number of benzene rings is 1. The van der Waals surface area contributed by atoms with Crippen LogP contribution in [-0.4, -0.2) is 16.1 Å². The van der Waals surface area contributed by atoms with Gasteiger partial charge in [-0.15, -0.1) is 0 Å². The van der Waals surface area contributed by atoms with Gasteiger partial charge in [0.15, 0.2) is 0 Å². The lowest BCUT2D eigenvalue weighted by Gasteiger charge is -2.41. The largest absolute Gasteiger partial charge is 0.508 e. The number of anilines is 1. The lowest BCUT2D eigenvalue weighted by Crippen LogP contribution is -2.43. The van der Waals surface area contributed by atoms with Crippen molar-refractivity contribution in [2.45, 2.75) is 18.9 Å². The van der Waals surface area contributed by atoms with Gasteiger partial charge >= 0.3 is 0 Å². The second-order valence-electron chi connectivity index (χ2n) is 4.95. The monoisotopic (exact) mass is 246 g/mol. The molecule has 2 aliphatic carbocycles.